The predicted octanol–water partition coefficient (Wildman–Crippen LogP) is 2.60. The van der Waals surface area contributed by atoms with Gasteiger partial charge in [0.25, 0.3) is 5.92 Å². The molecule has 0 aromatic heterocycles. The second-order valence-electron chi connectivity index (χ2n) is 4.63. The topological polar surface area (TPSA) is 15.3 Å². The van der Waals surface area contributed by atoms with Crippen LogP contribution in [0.25, 0.3) is 0 Å². The first-order chi connectivity index (χ1) is 7.42. The Morgan fingerprint density at radius 2 is 1.94 bits per heavy atom. The monoisotopic (exact) mass is 236 g/mol. The average Bonchev–Trinajstić information content (AvgIpc) is 2.48. The summed E-state index contributed by atoms with van der Waals surface area (Å²) in [5, 5.41) is 2.86. The van der Waals surface area contributed by atoms with Crippen molar-refractivity contribution < 1.29 is 8.78 Å². The molecule has 1 heterocycles. The lowest BCUT2D eigenvalue weighted by Crippen LogP contribution is -2.45. The molecular formula is C12H26F2N2. The van der Waals surface area contributed by atoms with Gasteiger partial charge in [-0.05, 0) is 13.0 Å². The first-order valence-electron chi connectivity index (χ1n) is 6.21. The Balaban J connectivity index is 0.00000106. The number of hydrogen-bond donors (Lipinski definition) is 1. The van der Waals surface area contributed by atoms with Gasteiger partial charge in [0.05, 0.1) is 6.04 Å². The molecule has 1 rings (SSSR count). The van der Waals surface area contributed by atoms with Gasteiger partial charge in [0.1, 0.15) is 0 Å². The maximum Gasteiger partial charge on any atom is 0.265 e. The smallest absolute Gasteiger partial charge is 0.265 e. The summed E-state index contributed by atoms with van der Waals surface area (Å²) in [7, 11) is 1.90. The number of rotatable bonds is 4. The minimum absolute atomic E-state index is 0.0206. The van der Waals surface area contributed by atoms with Crippen LogP contribution >= 0.6 is 0 Å². The van der Waals surface area contributed by atoms with Crippen LogP contribution in [0.2, 0.25) is 0 Å². The highest BCUT2D eigenvalue weighted by molar-refractivity contribution is 4.92. The van der Waals surface area contributed by atoms with Gasteiger partial charge in [-0.1, -0.05) is 27.7 Å². The molecule has 0 aromatic carbocycles. The van der Waals surface area contributed by atoms with Crippen molar-refractivity contribution in [3.63, 3.8) is 0 Å². The van der Waals surface area contributed by atoms with Gasteiger partial charge in [-0.3, -0.25) is 0 Å². The highest BCUT2D eigenvalue weighted by Gasteiger charge is 2.43. The molecule has 1 saturated heterocycles. The molecule has 0 radical (unpaired) electrons. The molecule has 0 amide bonds. The van der Waals surface area contributed by atoms with E-state index in [2.05, 4.69) is 19.2 Å². The van der Waals surface area contributed by atoms with Crippen molar-refractivity contribution in [3.05, 3.63) is 0 Å². The van der Waals surface area contributed by atoms with E-state index in [0.29, 0.717) is 19.0 Å². The Kier molecular flexibility index (Phi) is 7.07. The summed E-state index contributed by atoms with van der Waals surface area (Å²) < 4.78 is 26.4. The zero-order valence-corrected chi connectivity index (χ0v) is 11.2. The largest absolute Gasteiger partial charge is 0.307 e. The molecule has 1 unspecified atom stereocenters. The van der Waals surface area contributed by atoms with Gasteiger partial charge >= 0.3 is 0 Å². The molecule has 2 nitrogen and oxygen atoms in total. The molecular weight excluding hydrogens is 210 g/mol. The maximum absolute atomic E-state index is 13.2. The summed E-state index contributed by atoms with van der Waals surface area (Å²) in [6.45, 7) is 9.93. The highest BCUT2D eigenvalue weighted by atomic mass is 19.3. The van der Waals surface area contributed by atoms with E-state index in [9.17, 15) is 8.78 Å². The van der Waals surface area contributed by atoms with E-state index >= 15 is 0 Å². The van der Waals surface area contributed by atoms with Crippen LogP contribution < -0.4 is 5.32 Å². The van der Waals surface area contributed by atoms with E-state index in [1.807, 2.05) is 25.8 Å². The van der Waals surface area contributed by atoms with Crippen LogP contribution in [0.4, 0.5) is 8.78 Å². The van der Waals surface area contributed by atoms with Gasteiger partial charge in [-0.25, -0.2) is 8.78 Å². The fourth-order valence-corrected chi connectivity index (χ4v) is 1.94. The lowest BCUT2D eigenvalue weighted by atomic mass is 10.1. The van der Waals surface area contributed by atoms with E-state index < -0.39 is 12.0 Å². The Labute approximate surface area is 98.4 Å². The SMILES string of the molecule is CC.CC(C)CN(C)CC1NCCC1(F)F. The number of alkyl halides is 2. The second kappa shape index (κ2) is 7.17. The number of nitrogens with one attached hydrogen (secondary N) is 1. The Hall–Kier alpha value is -0.220. The number of likely N-dealkylation sites (N-methyl/N-ethyl adjacent to an activating group) is 1. The van der Waals surface area contributed by atoms with Crippen LogP contribution in [0.15, 0.2) is 0 Å². The molecule has 1 N–H and O–H groups in total. The minimum atomic E-state index is -2.52. The summed E-state index contributed by atoms with van der Waals surface area (Å²) in [5.74, 6) is -2.00. The van der Waals surface area contributed by atoms with E-state index in [1.54, 1.807) is 0 Å². The quantitative estimate of drug-likeness (QED) is 0.807. The fraction of sp³-hybridized carbons (Fsp3) is 1.00. The molecule has 1 atom stereocenters. The number of halogens is 2. The molecule has 1 aliphatic heterocycles. The summed E-state index contributed by atoms with van der Waals surface area (Å²) in [4.78, 5) is 1.97. The molecule has 0 bridgehead atoms. The van der Waals surface area contributed by atoms with Gasteiger partial charge in [-0.2, -0.15) is 0 Å². The van der Waals surface area contributed by atoms with Crippen molar-refractivity contribution in [1.29, 1.82) is 0 Å². The molecule has 16 heavy (non-hydrogen) atoms. The molecule has 0 saturated carbocycles. The highest BCUT2D eigenvalue weighted by Crippen LogP contribution is 2.27. The second-order valence-corrected chi connectivity index (χ2v) is 4.63. The third-order valence-electron chi connectivity index (χ3n) is 2.53. The van der Waals surface area contributed by atoms with Gasteiger partial charge in [-0.15, -0.1) is 0 Å². The van der Waals surface area contributed by atoms with Crippen LogP contribution in [-0.2, 0) is 0 Å². The van der Waals surface area contributed by atoms with Crippen molar-refractivity contribution in [1.82, 2.24) is 10.2 Å². The molecule has 98 valence electrons. The Morgan fingerprint density at radius 3 is 2.31 bits per heavy atom. The third kappa shape index (κ3) is 5.21. The van der Waals surface area contributed by atoms with Crippen LogP contribution in [0, 0.1) is 5.92 Å². The number of nitrogens with zero attached hydrogens (tertiary/aromatic N) is 1. The Morgan fingerprint density at radius 1 is 1.38 bits per heavy atom. The minimum Gasteiger partial charge on any atom is -0.307 e. The van der Waals surface area contributed by atoms with E-state index in [-0.39, 0.29) is 6.42 Å². The summed E-state index contributed by atoms with van der Waals surface area (Å²) in [6.07, 6.45) is -0.0206. The lowest BCUT2D eigenvalue weighted by molar-refractivity contribution is -0.0193. The van der Waals surface area contributed by atoms with Crippen LogP contribution in [0.5, 0.6) is 0 Å². The van der Waals surface area contributed by atoms with Crippen LogP contribution in [0.1, 0.15) is 34.1 Å². The van der Waals surface area contributed by atoms with Gasteiger partial charge in [0, 0.05) is 26.1 Å². The molecule has 1 fully saturated rings. The molecule has 4 heteroatoms. The van der Waals surface area contributed by atoms with Crippen LogP contribution in [-0.4, -0.2) is 43.5 Å². The molecule has 1 aliphatic rings. The zero-order chi connectivity index (χ0) is 12.8. The summed E-state index contributed by atoms with van der Waals surface area (Å²) in [5.41, 5.74) is 0. The molecule has 0 spiro atoms. The average molecular weight is 236 g/mol. The van der Waals surface area contributed by atoms with Crippen LogP contribution in [0.3, 0.4) is 0 Å². The first kappa shape index (κ1) is 15.8. The van der Waals surface area contributed by atoms with E-state index in [4.69, 9.17) is 0 Å². The third-order valence-corrected chi connectivity index (χ3v) is 2.53. The number of hydrogen-bond acceptors (Lipinski definition) is 2. The predicted molar refractivity (Wildman–Crippen MR) is 65.0 cm³/mol. The summed E-state index contributed by atoms with van der Waals surface area (Å²) >= 11 is 0. The van der Waals surface area contributed by atoms with E-state index in [1.165, 1.54) is 0 Å². The molecule has 0 aromatic rings. The zero-order valence-electron chi connectivity index (χ0n) is 11.2. The summed E-state index contributed by atoms with van der Waals surface area (Å²) in [6, 6.07) is -0.661. The first-order valence-corrected chi connectivity index (χ1v) is 6.21. The van der Waals surface area contributed by atoms with Crippen molar-refractivity contribution in [2.75, 3.05) is 26.7 Å². The van der Waals surface area contributed by atoms with Gasteiger partial charge in [0.2, 0.25) is 0 Å². The lowest BCUT2D eigenvalue weighted by Gasteiger charge is -2.26. The molecule has 0 aliphatic carbocycles. The maximum atomic E-state index is 13.2. The van der Waals surface area contributed by atoms with E-state index in [0.717, 1.165) is 6.54 Å². The normalized spacial score (nSPS) is 23.4. The fourth-order valence-electron chi connectivity index (χ4n) is 1.94. The van der Waals surface area contributed by atoms with Crippen molar-refractivity contribution >= 4 is 0 Å². The van der Waals surface area contributed by atoms with Gasteiger partial charge < -0.3 is 10.2 Å². The van der Waals surface area contributed by atoms with Crippen molar-refractivity contribution in [2.45, 2.75) is 46.1 Å². The van der Waals surface area contributed by atoms with Crippen molar-refractivity contribution in [3.8, 4) is 0 Å². The standard InChI is InChI=1S/C10H20F2N2.C2H6/c1-8(2)6-14(3)7-9-10(11,12)4-5-13-9;1-2/h8-9,13H,4-7H2,1-3H3;1-2H3. The van der Waals surface area contributed by atoms with Crippen molar-refractivity contribution in [2.24, 2.45) is 5.92 Å². The van der Waals surface area contributed by atoms with Gasteiger partial charge in [0.15, 0.2) is 0 Å². The Bertz CT molecular complexity index is 184.